The molecule has 0 aliphatic carbocycles. The molecule has 1 unspecified atom stereocenters. The third-order valence-electron chi connectivity index (χ3n) is 2.81. The fourth-order valence-electron chi connectivity index (χ4n) is 1.88. The first-order valence-electron chi connectivity index (χ1n) is 5.54. The minimum atomic E-state index is -0.300. The highest BCUT2D eigenvalue weighted by atomic mass is 35.5. The van der Waals surface area contributed by atoms with Crippen molar-refractivity contribution in [2.45, 2.75) is 19.4 Å². The molecule has 18 heavy (non-hydrogen) atoms. The number of halogens is 2. The van der Waals surface area contributed by atoms with Crippen LogP contribution >= 0.6 is 23.2 Å². The fraction of sp³-hybridized carbons (Fsp3) is 0.333. The van der Waals surface area contributed by atoms with E-state index in [1.165, 1.54) is 0 Å². The number of hydrogen-bond acceptors (Lipinski definition) is 3. The number of aryl methyl sites for hydroxylation is 2. The van der Waals surface area contributed by atoms with Crippen molar-refractivity contribution in [2.24, 2.45) is 12.8 Å². The SMILES string of the molecule is Cc1nn(C)c(CC(N)c2ncccc2Cl)c1Cl. The van der Waals surface area contributed by atoms with E-state index >= 15 is 0 Å². The Kier molecular flexibility index (Phi) is 3.90. The smallest absolute Gasteiger partial charge is 0.0847 e. The second kappa shape index (κ2) is 5.26. The van der Waals surface area contributed by atoms with Crippen LogP contribution < -0.4 is 5.73 Å². The predicted molar refractivity (Wildman–Crippen MR) is 72.8 cm³/mol. The van der Waals surface area contributed by atoms with E-state index in [2.05, 4.69) is 10.1 Å². The quantitative estimate of drug-likeness (QED) is 0.943. The van der Waals surface area contributed by atoms with E-state index in [-0.39, 0.29) is 6.04 Å². The minimum Gasteiger partial charge on any atom is -0.322 e. The zero-order valence-electron chi connectivity index (χ0n) is 10.2. The van der Waals surface area contributed by atoms with Gasteiger partial charge in [0.25, 0.3) is 0 Å². The molecule has 6 heteroatoms. The molecule has 1 atom stereocenters. The summed E-state index contributed by atoms with van der Waals surface area (Å²) in [4.78, 5) is 4.21. The molecule has 2 aromatic heterocycles. The van der Waals surface area contributed by atoms with Gasteiger partial charge in [0.1, 0.15) is 0 Å². The number of aromatic nitrogens is 3. The van der Waals surface area contributed by atoms with Gasteiger partial charge >= 0.3 is 0 Å². The van der Waals surface area contributed by atoms with Crippen LogP contribution in [0, 0.1) is 6.92 Å². The Morgan fingerprint density at radius 3 is 2.72 bits per heavy atom. The van der Waals surface area contributed by atoms with Crippen LogP contribution in [0.15, 0.2) is 18.3 Å². The standard InChI is InChI=1S/C12H14Cl2N4/c1-7-11(14)10(18(2)17-7)6-9(15)12-8(13)4-3-5-16-12/h3-5,9H,6,15H2,1-2H3. The molecule has 96 valence electrons. The highest BCUT2D eigenvalue weighted by Gasteiger charge is 2.18. The average molecular weight is 285 g/mol. The van der Waals surface area contributed by atoms with Crippen LogP contribution in [-0.4, -0.2) is 14.8 Å². The second-order valence-electron chi connectivity index (χ2n) is 4.15. The molecule has 0 amide bonds. The van der Waals surface area contributed by atoms with E-state index in [0.29, 0.717) is 22.2 Å². The van der Waals surface area contributed by atoms with Crippen LogP contribution in [0.2, 0.25) is 10.0 Å². The number of nitrogens with zero attached hydrogens (tertiary/aromatic N) is 3. The van der Waals surface area contributed by atoms with Crippen molar-refractivity contribution < 1.29 is 0 Å². The molecule has 0 bridgehead atoms. The monoisotopic (exact) mass is 284 g/mol. The first kappa shape index (κ1) is 13.3. The maximum Gasteiger partial charge on any atom is 0.0847 e. The molecule has 0 aliphatic heterocycles. The van der Waals surface area contributed by atoms with Gasteiger partial charge in [-0.25, -0.2) is 0 Å². The molecular formula is C12H14Cl2N4. The number of rotatable bonds is 3. The second-order valence-corrected chi connectivity index (χ2v) is 4.94. The van der Waals surface area contributed by atoms with Gasteiger partial charge in [-0.2, -0.15) is 5.10 Å². The maximum absolute atomic E-state index is 6.19. The largest absolute Gasteiger partial charge is 0.322 e. The summed E-state index contributed by atoms with van der Waals surface area (Å²) in [5.74, 6) is 0. The lowest BCUT2D eigenvalue weighted by Gasteiger charge is -2.12. The first-order chi connectivity index (χ1) is 8.50. The summed E-state index contributed by atoms with van der Waals surface area (Å²) in [7, 11) is 1.85. The summed E-state index contributed by atoms with van der Waals surface area (Å²) in [5.41, 5.74) is 8.49. The molecule has 0 aromatic carbocycles. The van der Waals surface area contributed by atoms with Crippen LogP contribution in [0.4, 0.5) is 0 Å². The summed E-state index contributed by atoms with van der Waals surface area (Å²) in [6, 6.07) is 3.26. The van der Waals surface area contributed by atoms with Crippen molar-refractivity contribution in [3.8, 4) is 0 Å². The summed E-state index contributed by atoms with van der Waals surface area (Å²) in [6.07, 6.45) is 2.23. The lowest BCUT2D eigenvalue weighted by Crippen LogP contribution is -2.17. The van der Waals surface area contributed by atoms with Crippen LogP contribution in [0.5, 0.6) is 0 Å². The van der Waals surface area contributed by atoms with Gasteiger partial charge in [0, 0.05) is 19.7 Å². The molecule has 0 saturated heterocycles. The van der Waals surface area contributed by atoms with Gasteiger partial charge in [-0.3, -0.25) is 9.67 Å². The number of nitrogens with two attached hydrogens (primary N) is 1. The molecule has 4 nitrogen and oxygen atoms in total. The average Bonchev–Trinajstić information content (AvgIpc) is 2.56. The van der Waals surface area contributed by atoms with Crippen molar-refractivity contribution in [1.82, 2.24) is 14.8 Å². The topological polar surface area (TPSA) is 56.7 Å². The van der Waals surface area contributed by atoms with Gasteiger partial charge in [-0.15, -0.1) is 0 Å². The molecule has 2 N–H and O–H groups in total. The van der Waals surface area contributed by atoms with Crippen molar-refractivity contribution in [1.29, 1.82) is 0 Å². The third kappa shape index (κ3) is 2.51. The van der Waals surface area contributed by atoms with Crippen molar-refractivity contribution in [3.63, 3.8) is 0 Å². The molecule has 0 aliphatic rings. The Bertz CT molecular complexity index is 565. The molecule has 0 saturated carbocycles. The highest BCUT2D eigenvalue weighted by molar-refractivity contribution is 6.32. The maximum atomic E-state index is 6.19. The van der Waals surface area contributed by atoms with Crippen LogP contribution in [0.3, 0.4) is 0 Å². The summed E-state index contributed by atoms with van der Waals surface area (Å²) in [5, 5.41) is 5.48. The highest BCUT2D eigenvalue weighted by Crippen LogP contribution is 2.26. The van der Waals surface area contributed by atoms with Gasteiger partial charge in [0.15, 0.2) is 0 Å². The van der Waals surface area contributed by atoms with E-state index in [0.717, 1.165) is 11.4 Å². The van der Waals surface area contributed by atoms with Crippen molar-refractivity contribution >= 4 is 23.2 Å². The first-order valence-corrected chi connectivity index (χ1v) is 6.30. The van der Waals surface area contributed by atoms with Crippen molar-refractivity contribution in [3.05, 3.63) is 45.5 Å². The summed E-state index contributed by atoms with van der Waals surface area (Å²) in [6.45, 7) is 1.87. The van der Waals surface area contributed by atoms with Gasteiger partial charge in [0.2, 0.25) is 0 Å². The Balaban J connectivity index is 2.27. The zero-order valence-corrected chi connectivity index (χ0v) is 11.7. The summed E-state index contributed by atoms with van der Waals surface area (Å²) >= 11 is 12.3. The Morgan fingerprint density at radius 1 is 1.44 bits per heavy atom. The zero-order chi connectivity index (χ0) is 13.3. The molecule has 0 spiro atoms. The van der Waals surface area contributed by atoms with Gasteiger partial charge in [-0.05, 0) is 19.1 Å². The molecule has 2 aromatic rings. The molecule has 2 heterocycles. The van der Waals surface area contributed by atoms with Crippen molar-refractivity contribution in [2.75, 3.05) is 0 Å². The Labute approximate surface area is 116 Å². The van der Waals surface area contributed by atoms with E-state index in [1.807, 2.05) is 14.0 Å². The number of hydrogen-bond donors (Lipinski definition) is 1. The van der Waals surface area contributed by atoms with E-state index in [4.69, 9.17) is 28.9 Å². The third-order valence-corrected chi connectivity index (χ3v) is 3.62. The van der Waals surface area contributed by atoms with Gasteiger partial charge < -0.3 is 5.73 Å². The molecule has 2 rings (SSSR count). The van der Waals surface area contributed by atoms with Crippen LogP contribution in [-0.2, 0) is 13.5 Å². The number of pyridine rings is 1. The molecule has 0 fully saturated rings. The Morgan fingerprint density at radius 2 is 2.17 bits per heavy atom. The van der Waals surface area contributed by atoms with Crippen LogP contribution in [0.25, 0.3) is 0 Å². The van der Waals surface area contributed by atoms with Crippen LogP contribution in [0.1, 0.15) is 23.1 Å². The fourth-order valence-corrected chi connectivity index (χ4v) is 2.38. The van der Waals surface area contributed by atoms with Gasteiger partial charge in [-0.1, -0.05) is 23.2 Å². The van der Waals surface area contributed by atoms with E-state index < -0.39 is 0 Å². The summed E-state index contributed by atoms with van der Waals surface area (Å²) < 4.78 is 1.74. The van der Waals surface area contributed by atoms with Gasteiger partial charge in [0.05, 0.1) is 33.2 Å². The molecular weight excluding hydrogens is 271 g/mol. The Hall–Kier alpha value is -1.10. The van der Waals surface area contributed by atoms with E-state index in [1.54, 1.807) is 23.0 Å². The normalized spacial score (nSPS) is 12.7. The lowest BCUT2D eigenvalue weighted by atomic mass is 10.1. The molecule has 0 radical (unpaired) electrons. The minimum absolute atomic E-state index is 0.300. The van der Waals surface area contributed by atoms with E-state index in [9.17, 15) is 0 Å². The lowest BCUT2D eigenvalue weighted by molar-refractivity contribution is 0.629. The predicted octanol–water partition coefficient (Wildman–Crippen LogP) is 2.67.